The molecule has 0 unspecified atom stereocenters. The molecular weight excluding hydrogens is 400 g/mol. The highest BCUT2D eigenvalue weighted by Gasteiger charge is 2.08. The molecule has 0 aliphatic carbocycles. The SMILES string of the molecule is CCCC(=O)Nc1ccc(C(=O)NNC(=S)NC(=O)C=Cc2ccc(C)cc2)cc1. The van der Waals surface area contributed by atoms with Gasteiger partial charge in [0.2, 0.25) is 11.8 Å². The van der Waals surface area contributed by atoms with Crippen molar-refractivity contribution in [2.75, 3.05) is 5.32 Å². The molecule has 2 aromatic carbocycles. The van der Waals surface area contributed by atoms with Gasteiger partial charge >= 0.3 is 0 Å². The fraction of sp³-hybridized carbons (Fsp3) is 0.182. The van der Waals surface area contributed by atoms with E-state index in [0.29, 0.717) is 17.7 Å². The molecular formula is C22H24N4O3S. The van der Waals surface area contributed by atoms with Gasteiger partial charge in [0, 0.05) is 23.7 Å². The molecule has 30 heavy (non-hydrogen) atoms. The molecule has 0 radical (unpaired) electrons. The lowest BCUT2D eigenvalue weighted by Crippen LogP contribution is -2.48. The van der Waals surface area contributed by atoms with Gasteiger partial charge in [0.1, 0.15) is 0 Å². The van der Waals surface area contributed by atoms with Gasteiger partial charge in [-0.1, -0.05) is 36.8 Å². The van der Waals surface area contributed by atoms with E-state index < -0.39 is 11.8 Å². The molecule has 0 aliphatic heterocycles. The van der Waals surface area contributed by atoms with Crippen molar-refractivity contribution >= 4 is 46.8 Å². The van der Waals surface area contributed by atoms with Crippen LogP contribution in [0.15, 0.2) is 54.6 Å². The number of hydrogen-bond donors (Lipinski definition) is 4. The topological polar surface area (TPSA) is 99.3 Å². The van der Waals surface area contributed by atoms with Crippen molar-refractivity contribution in [1.29, 1.82) is 0 Å². The second-order valence-corrected chi connectivity index (χ2v) is 6.93. The molecule has 0 aromatic heterocycles. The molecule has 3 amide bonds. The van der Waals surface area contributed by atoms with Gasteiger partial charge in [-0.05, 0) is 61.5 Å². The largest absolute Gasteiger partial charge is 0.326 e. The molecule has 0 saturated heterocycles. The summed E-state index contributed by atoms with van der Waals surface area (Å²) in [5.74, 6) is -0.934. The average Bonchev–Trinajstić information content (AvgIpc) is 2.72. The summed E-state index contributed by atoms with van der Waals surface area (Å²) >= 11 is 5.00. The lowest BCUT2D eigenvalue weighted by molar-refractivity contribution is -0.116. The standard InChI is InChI=1S/C22H24N4O3S/c1-3-4-19(27)23-18-12-10-17(11-13-18)21(29)25-26-22(30)24-20(28)14-9-16-7-5-15(2)6-8-16/h5-14H,3-4H2,1-2H3,(H,23,27)(H,25,29)(H2,24,26,28,30). The summed E-state index contributed by atoms with van der Waals surface area (Å²) in [6, 6.07) is 14.1. The molecule has 2 rings (SSSR count). The Balaban J connectivity index is 1.78. The molecule has 0 saturated carbocycles. The first kappa shape index (κ1) is 22.8. The summed E-state index contributed by atoms with van der Waals surface area (Å²) in [5, 5.41) is 5.15. The van der Waals surface area contributed by atoms with E-state index in [1.54, 1.807) is 30.3 Å². The number of nitrogens with one attached hydrogen (secondary N) is 4. The lowest BCUT2D eigenvalue weighted by Gasteiger charge is -2.10. The quantitative estimate of drug-likeness (QED) is 0.324. The summed E-state index contributed by atoms with van der Waals surface area (Å²) in [4.78, 5) is 35.7. The fourth-order valence-electron chi connectivity index (χ4n) is 2.38. The number of carbonyl (C=O) groups is 3. The van der Waals surface area contributed by atoms with E-state index in [-0.39, 0.29) is 11.0 Å². The first-order valence-corrected chi connectivity index (χ1v) is 9.84. The van der Waals surface area contributed by atoms with Crippen LogP contribution >= 0.6 is 12.2 Å². The van der Waals surface area contributed by atoms with Gasteiger partial charge in [-0.25, -0.2) is 0 Å². The predicted molar refractivity (Wildman–Crippen MR) is 122 cm³/mol. The van der Waals surface area contributed by atoms with Gasteiger partial charge in [0.25, 0.3) is 5.91 Å². The highest BCUT2D eigenvalue weighted by atomic mass is 32.1. The summed E-state index contributed by atoms with van der Waals surface area (Å²) < 4.78 is 0. The Hall–Kier alpha value is -3.52. The minimum absolute atomic E-state index is 0.0367. The van der Waals surface area contributed by atoms with Crippen LogP contribution in [0.3, 0.4) is 0 Å². The van der Waals surface area contributed by atoms with Crippen LogP contribution < -0.4 is 21.5 Å². The number of hydrazine groups is 1. The molecule has 0 fully saturated rings. The van der Waals surface area contributed by atoms with Crippen molar-refractivity contribution in [2.24, 2.45) is 0 Å². The first-order chi connectivity index (χ1) is 14.4. The molecule has 0 spiro atoms. The van der Waals surface area contributed by atoms with E-state index in [2.05, 4.69) is 21.5 Å². The Labute approximate surface area is 180 Å². The Morgan fingerprint density at radius 2 is 1.63 bits per heavy atom. The van der Waals surface area contributed by atoms with Gasteiger partial charge in [0.05, 0.1) is 0 Å². The average molecular weight is 425 g/mol. The van der Waals surface area contributed by atoms with Gasteiger partial charge in [-0.3, -0.25) is 30.6 Å². The molecule has 156 valence electrons. The molecule has 7 nitrogen and oxygen atoms in total. The number of benzene rings is 2. The van der Waals surface area contributed by atoms with Gasteiger partial charge in [-0.15, -0.1) is 0 Å². The van der Waals surface area contributed by atoms with Crippen LogP contribution in [0.25, 0.3) is 6.08 Å². The van der Waals surface area contributed by atoms with Crippen LogP contribution in [-0.4, -0.2) is 22.8 Å². The monoisotopic (exact) mass is 424 g/mol. The molecule has 0 heterocycles. The third-order valence-electron chi connectivity index (χ3n) is 3.94. The zero-order valence-electron chi connectivity index (χ0n) is 16.8. The van der Waals surface area contributed by atoms with Crippen LogP contribution in [0.1, 0.15) is 41.3 Å². The maximum atomic E-state index is 12.2. The second-order valence-electron chi connectivity index (χ2n) is 6.52. The van der Waals surface area contributed by atoms with Crippen LogP contribution in [0, 0.1) is 6.92 Å². The Morgan fingerprint density at radius 3 is 2.27 bits per heavy atom. The predicted octanol–water partition coefficient (Wildman–Crippen LogP) is 3.08. The highest BCUT2D eigenvalue weighted by molar-refractivity contribution is 7.80. The van der Waals surface area contributed by atoms with Crippen LogP contribution in [0.4, 0.5) is 5.69 Å². The van der Waals surface area contributed by atoms with Crippen LogP contribution in [-0.2, 0) is 9.59 Å². The van der Waals surface area contributed by atoms with E-state index in [1.807, 2.05) is 38.1 Å². The molecule has 4 N–H and O–H groups in total. The smallest absolute Gasteiger partial charge is 0.269 e. The van der Waals surface area contributed by atoms with Crippen molar-refractivity contribution in [3.8, 4) is 0 Å². The second kappa shape index (κ2) is 11.5. The number of rotatable bonds is 6. The van der Waals surface area contributed by atoms with E-state index in [0.717, 1.165) is 17.5 Å². The van der Waals surface area contributed by atoms with Crippen molar-refractivity contribution in [1.82, 2.24) is 16.2 Å². The first-order valence-electron chi connectivity index (χ1n) is 9.43. The van der Waals surface area contributed by atoms with Crippen molar-refractivity contribution in [2.45, 2.75) is 26.7 Å². The molecule has 0 aliphatic rings. The zero-order chi connectivity index (χ0) is 21.9. The van der Waals surface area contributed by atoms with Crippen molar-refractivity contribution in [3.05, 3.63) is 71.3 Å². The fourth-order valence-corrected chi connectivity index (χ4v) is 2.53. The van der Waals surface area contributed by atoms with E-state index in [4.69, 9.17) is 12.2 Å². The van der Waals surface area contributed by atoms with E-state index in [1.165, 1.54) is 6.08 Å². The maximum Gasteiger partial charge on any atom is 0.269 e. The molecule has 2 aromatic rings. The number of aryl methyl sites for hydroxylation is 1. The number of anilines is 1. The van der Waals surface area contributed by atoms with Gasteiger partial charge < -0.3 is 5.32 Å². The summed E-state index contributed by atoms with van der Waals surface area (Å²) in [7, 11) is 0. The van der Waals surface area contributed by atoms with Gasteiger partial charge in [0.15, 0.2) is 5.11 Å². The molecule has 0 atom stereocenters. The van der Waals surface area contributed by atoms with E-state index in [9.17, 15) is 14.4 Å². The van der Waals surface area contributed by atoms with Crippen LogP contribution in [0.2, 0.25) is 0 Å². The highest BCUT2D eigenvalue weighted by Crippen LogP contribution is 2.10. The number of amides is 3. The Kier molecular flexibility index (Phi) is 8.71. The molecule has 0 bridgehead atoms. The minimum atomic E-state index is -0.437. The van der Waals surface area contributed by atoms with Crippen LogP contribution in [0.5, 0.6) is 0 Å². The van der Waals surface area contributed by atoms with Crippen molar-refractivity contribution < 1.29 is 14.4 Å². The summed E-state index contributed by atoms with van der Waals surface area (Å²) in [6.07, 6.45) is 4.22. The number of carbonyl (C=O) groups excluding carboxylic acids is 3. The number of thiocarbonyl (C=S) groups is 1. The lowest BCUT2D eigenvalue weighted by atomic mass is 10.1. The zero-order valence-corrected chi connectivity index (χ0v) is 17.6. The minimum Gasteiger partial charge on any atom is -0.326 e. The normalized spacial score (nSPS) is 10.3. The van der Waals surface area contributed by atoms with E-state index >= 15 is 0 Å². The number of hydrogen-bond acceptors (Lipinski definition) is 4. The molecule has 8 heteroatoms. The Bertz CT molecular complexity index is 938. The Morgan fingerprint density at radius 1 is 0.967 bits per heavy atom. The van der Waals surface area contributed by atoms with Crippen molar-refractivity contribution in [3.63, 3.8) is 0 Å². The van der Waals surface area contributed by atoms with Gasteiger partial charge in [-0.2, -0.15) is 0 Å². The third kappa shape index (κ3) is 7.84. The third-order valence-corrected chi connectivity index (χ3v) is 4.14. The maximum absolute atomic E-state index is 12.2. The summed E-state index contributed by atoms with van der Waals surface area (Å²) in [5.41, 5.74) is 7.88. The summed E-state index contributed by atoms with van der Waals surface area (Å²) in [6.45, 7) is 3.91.